The van der Waals surface area contributed by atoms with E-state index in [9.17, 15) is 15.0 Å². The van der Waals surface area contributed by atoms with Gasteiger partial charge in [-0.25, -0.2) is 0 Å². The Hall–Kier alpha value is -1.65. The van der Waals surface area contributed by atoms with Gasteiger partial charge in [0.15, 0.2) is 0 Å². The molecular formula is C53H99NO3. The summed E-state index contributed by atoms with van der Waals surface area (Å²) < 4.78 is 0. The molecule has 4 heteroatoms. The van der Waals surface area contributed by atoms with Gasteiger partial charge in [0.2, 0.25) is 5.91 Å². The third-order valence-electron chi connectivity index (χ3n) is 11.5. The van der Waals surface area contributed by atoms with Crippen molar-refractivity contribution < 1.29 is 15.0 Å². The predicted octanol–water partition coefficient (Wildman–Crippen LogP) is 16.3. The molecule has 0 rings (SSSR count). The summed E-state index contributed by atoms with van der Waals surface area (Å²) >= 11 is 0. The van der Waals surface area contributed by atoms with Crippen LogP contribution >= 0.6 is 0 Å². The third kappa shape index (κ3) is 45.3. The monoisotopic (exact) mass is 798 g/mol. The molecular weight excluding hydrogens is 699 g/mol. The van der Waals surface area contributed by atoms with E-state index in [2.05, 4.69) is 55.6 Å². The molecule has 0 saturated carbocycles. The van der Waals surface area contributed by atoms with E-state index in [1.54, 1.807) is 6.08 Å². The second-order valence-electron chi connectivity index (χ2n) is 17.2. The molecule has 0 aromatic heterocycles. The van der Waals surface area contributed by atoms with E-state index in [-0.39, 0.29) is 12.5 Å². The van der Waals surface area contributed by atoms with Gasteiger partial charge >= 0.3 is 0 Å². The molecule has 0 saturated heterocycles. The van der Waals surface area contributed by atoms with Crippen LogP contribution < -0.4 is 5.32 Å². The fourth-order valence-corrected chi connectivity index (χ4v) is 7.64. The minimum absolute atomic E-state index is 0.0733. The van der Waals surface area contributed by atoms with Crippen LogP contribution in [0.1, 0.15) is 264 Å². The number of allylic oxidation sites excluding steroid dienone is 7. The minimum atomic E-state index is -0.861. The molecule has 0 radical (unpaired) electrons. The summed E-state index contributed by atoms with van der Waals surface area (Å²) in [7, 11) is 0. The van der Waals surface area contributed by atoms with E-state index in [0.717, 1.165) is 38.5 Å². The lowest BCUT2D eigenvalue weighted by molar-refractivity contribution is -0.123. The van der Waals surface area contributed by atoms with Crippen molar-refractivity contribution in [3.05, 3.63) is 48.6 Å². The first-order valence-corrected chi connectivity index (χ1v) is 25.4. The zero-order valence-electron chi connectivity index (χ0n) is 38.4. The van der Waals surface area contributed by atoms with Crippen LogP contribution in [0.5, 0.6) is 0 Å². The van der Waals surface area contributed by atoms with Gasteiger partial charge in [-0.2, -0.15) is 0 Å². The molecule has 3 N–H and O–H groups in total. The highest BCUT2D eigenvalue weighted by Crippen LogP contribution is 2.15. The van der Waals surface area contributed by atoms with Gasteiger partial charge in [0.05, 0.1) is 18.8 Å². The van der Waals surface area contributed by atoms with Gasteiger partial charge in [-0.15, -0.1) is 0 Å². The van der Waals surface area contributed by atoms with Gasteiger partial charge in [0, 0.05) is 6.42 Å². The molecule has 334 valence electrons. The maximum Gasteiger partial charge on any atom is 0.220 e. The van der Waals surface area contributed by atoms with Crippen molar-refractivity contribution in [2.75, 3.05) is 6.61 Å². The zero-order valence-corrected chi connectivity index (χ0v) is 38.4. The van der Waals surface area contributed by atoms with Gasteiger partial charge in [-0.1, -0.05) is 242 Å². The average Bonchev–Trinajstić information content (AvgIpc) is 3.22. The molecule has 0 aliphatic rings. The predicted molar refractivity (Wildman–Crippen MR) is 253 cm³/mol. The summed E-state index contributed by atoms with van der Waals surface area (Å²) in [4.78, 5) is 12.4. The summed E-state index contributed by atoms with van der Waals surface area (Å²) in [5.74, 6) is -0.0733. The van der Waals surface area contributed by atoms with Gasteiger partial charge in [-0.05, 0) is 64.2 Å². The molecule has 1 amide bonds. The minimum Gasteiger partial charge on any atom is -0.394 e. The molecule has 0 aromatic rings. The van der Waals surface area contributed by atoms with Crippen LogP contribution in [0.15, 0.2) is 48.6 Å². The Kier molecular flexibility index (Phi) is 47.3. The molecule has 0 aromatic carbocycles. The molecule has 0 spiro atoms. The van der Waals surface area contributed by atoms with Gasteiger partial charge in [-0.3, -0.25) is 4.79 Å². The fourth-order valence-electron chi connectivity index (χ4n) is 7.64. The summed E-state index contributed by atoms with van der Waals surface area (Å²) in [6.45, 7) is 4.30. The molecule has 0 aliphatic carbocycles. The van der Waals surface area contributed by atoms with Crippen molar-refractivity contribution >= 4 is 5.91 Å². The molecule has 4 nitrogen and oxygen atoms in total. The van der Waals surface area contributed by atoms with Crippen molar-refractivity contribution in [3.8, 4) is 0 Å². The van der Waals surface area contributed by atoms with Crippen LogP contribution in [0.4, 0.5) is 0 Å². The second kappa shape index (κ2) is 48.7. The Morgan fingerprint density at radius 1 is 0.421 bits per heavy atom. The van der Waals surface area contributed by atoms with Crippen molar-refractivity contribution in [2.45, 2.75) is 276 Å². The number of amides is 1. The number of carbonyl (C=O) groups excluding carboxylic acids is 1. The Bertz CT molecular complexity index is 908. The van der Waals surface area contributed by atoms with Crippen LogP contribution in [-0.2, 0) is 4.79 Å². The number of rotatable bonds is 46. The summed E-state index contributed by atoms with van der Waals surface area (Å²) in [6.07, 6.45) is 66.8. The molecule has 0 bridgehead atoms. The lowest BCUT2D eigenvalue weighted by atomic mass is 10.0. The van der Waals surface area contributed by atoms with E-state index in [1.807, 2.05) is 6.08 Å². The van der Waals surface area contributed by atoms with Crippen LogP contribution in [0.25, 0.3) is 0 Å². The number of hydrogen-bond donors (Lipinski definition) is 3. The van der Waals surface area contributed by atoms with Crippen LogP contribution in [0, 0.1) is 0 Å². The zero-order chi connectivity index (χ0) is 41.4. The van der Waals surface area contributed by atoms with Crippen molar-refractivity contribution in [1.82, 2.24) is 5.32 Å². The van der Waals surface area contributed by atoms with E-state index in [1.165, 1.54) is 205 Å². The first-order valence-electron chi connectivity index (χ1n) is 25.4. The Morgan fingerprint density at radius 2 is 0.737 bits per heavy atom. The largest absolute Gasteiger partial charge is 0.394 e. The van der Waals surface area contributed by atoms with E-state index in [0.29, 0.717) is 6.42 Å². The molecule has 2 unspecified atom stereocenters. The third-order valence-corrected chi connectivity index (χ3v) is 11.5. The SMILES string of the molecule is CCCCCCCCCC/C=C/CC/C=C/C(O)C(CO)NC(=O)CCCCCCCCCCCCCCCCC/C=C\C/C=C\CCCCCCCCCCC. The molecule has 0 heterocycles. The number of carbonyl (C=O) groups is 1. The summed E-state index contributed by atoms with van der Waals surface area (Å²) in [5, 5.41) is 23.0. The average molecular weight is 798 g/mol. The van der Waals surface area contributed by atoms with Crippen molar-refractivity contribution in [3.63, 3.8) is 0 Å². The van der Waals surface area contributed by atoms with Crippen LogP contribution in [-0.4, -0.2) is 34.9 Å². The second-order valence-corrected chi connectivity index (χ2v) is 17.2. The lowest BCUT2D eigenvalue weighted by Gasteiger charge is -2.19. The Balaban J connectivity index is 3.50. The van der Waals surface area contributed by atoms with Crippen molar-refractivity contribution in [2.24, 2.45) is 0 Å². The lowest BCUT2D eigenvalue weighted by Crippen LogP contribution is -2.45. The van der Waals surface area contributed by atoms with Gasteiger partial charge in [0.25, 0.3) is 0 Å². The first-order chi connectivity index (χ1) is 28.2. The molecule has 2 atom stereocenters. The molecule has 0 aliphatic heterocycles. The Labute approximate surface area is 356 Å². The quantitative estimate of drug-likeness (QED) is 0.0424. The molecule has 0 fully saturated rings. The normalized spacial score (nSPS) is 13.3. The standard InChI is InChI=1S/C53H99NO3/c1-3-5-7-9-11-13-15-17-19-20-21-22-23-24-25-26-27-28-29-30-31-32-33-34-35-37-39-41-43-45-47-49-53(57)54-51(50-55)52(56)48-46-44-42-40-38-36-18-16-14-12-10-8-6-4-2/h21-22,24-25,38,40,46,48,51-52,55-56H,3-20,23,26-37,39,41-45,47,49-50H2,1-2H3,(H,54,57)/b22-21-,25-24-,40-38+,48-46+. The highest BCUT2D eigenvalue weighted by molar-refractivity contribution is 5.76. The van der Waals surface area contributed by atoms with Gasteiger partial charge < -0.3 is 15.5 Å². The summed E-state index contributed by atoms with van der Waals surface area (Å²) in [6, 6.07) is -0.638. The summed E-state index contributed by atoms with van der Waals surface area (Å²) in [5.41, 5.74) is 0. The number of aliphatic hydroxyl groups is 2. The smallest absolute Gasteiger partial charge is 0.220 e. The molecule has 57 heavy (non-hydrogen) atoms. The first kappa shape index (κ1) is 55.4. The number of nitrogens with one attached hydrogen (secondary N) is 1. The van der Waals surface area contributed by atoms with Crippen LogP contribution in [0.3, 0.4) is 0 Å². The van der Waals surface area contributed by atoms with Crippen molar-refractivity contribution in [1.29, 1.82) is 0 Å². The van der Waals surface area contributed by atoms with E-state index in [4.69, 9.17) is 0 Å². The van der Waals surface area contributed by atoms with Gasteiger partial charge in [0.1, 0.15) is 0 Å². The van der Waals surface area contributed by atoms with E-state index < -0.39 is 12.1 Å². The number of hydrogen-bond acceptors (Lipinski definition) is 3. The number of aliphatic hydroxyl groups excluding tert-OH is 2. The van der Waals surface area contributed by atoms with E-state index >= 15 is 0 Å². The highest BCUT2D eigenvalue weighted by atomic mass is 16.3. The Morgan fingerprint density at radius 3 is 1.12 bits per heavy atom. The fraction of sp³-hybridized carbons (Fsp3) is 0.830. The topological polar surface area (TPSA) is 69.6 Å². The van der Waals surface area contributed by atoms with Crippen LogP contribution in [0.2, 0.25) is 0 Å². The number of unbranched alkanes of at least 4 members (excludes halogenated alkanes) is 33. The maximum absolute atomic E-state index is 12.4. The maximum atomic E-state index is 12.4. The highest BCUT2D eigenvalue weighted by Gasteiger charge is 2.17.